The van der Waals surface area contributed by atoms with E-state index in [1.807, 2.05) is 7.05 Å². The Hall–Kier alpha value is -0.120. The van der Waals surface area contributed by atoms with Crippen LogP contribution >= 0.6 is 0 Å². The lowest BCUT2D eigenvalue weighted by molar-refractivity contribution is 0.132. The van der Waals surface area contributed by atoms with Gasteiger partial charge in [0.1, 0.15) is 0 Å². The molecule has 62 valence electrons. The number of nitrogens with zero attached hydrogens (tertiary/aromatic N) is 1. The Morgan fingerprint density at radius 1 is 1.60 bits per heavy atom. The number of hydrogen-bond acceptors (Lipinski definition) is 3. The Kier molecular flexibility index (Phi) is 5.58. The van der Waals surface area contributed by atoms with Crippen LogP contribution in [0.4, 0.5) is 0 Å². The molecule has 0 aromatic carbocycles. The molecule has 0 aromatic rings. The molecule has 0 rings (SSSR count). The maximum atomic E-state index is 9.09. The second-order valence-corrected chi connectivity index (χ2v) is 2.65. The van der Waals surface area contributed by atoms with Crippen molar-refractivity contribution in [2.24, 2.45) is 5.73 Å². The summed E-state index contributed by atoms with van der Waals surface area (Å²) in [4.78, 5) is 2.08. The van der Waals surface area contributed by atoms with Gasteiger partial charge in [-0.2, -0.15) is 0 Å². The van der Waals surface area contributed by atoms with E-state index < -0.39 is 0 Å². The van der Waals surface area contributed by atoms with Crippen molar-refractivity contribution in [1.29, 1.82) is 0 Å². The molecule has 0 amide bonds. The zero-order valence-electron chi connectivity index (χ0n) is 6.88. The fraction of sp³-hybridized carbons (Fsp3) is 1.00. The molecule has 0 heterocycles. The molecule has 0 radical (unpaired) electrons. The summed E-state index contributed by atoms with van der Waals surface area (Å²) in [5.41, 5.74) is 5.24. The van der Waals surface area contributed by atoms with Gasteiger partial charge >= 0.3 is 0 Å². The second kappa shape index (κ2) is 5.65. The van der Waals surface area contributed by atoms with Gasteiger partial charge in [-0.05, 0) is 20.0 Å². The molecule has 0 aliphatic rings. The lowest BCUT2D eigenvalue weighted by atomic mass is 10.3. The van der Waals surface area contributed by atoms with Crippen molar-refractivity contribution < 1.29 is 5.11 Å². The van der Waals surface area contributed by atoms with Crippen molar-refractivity contribution in [1.82, 2.24) is 4.90 Å². The van der Waals surface area contributed by atoms with E-state index >= 15 is 0 Å². The van der Waals surface area contributed by atoms with Crippen LogP contribution in [0.15, 0.2) is 0 Å². The maximum Gasteiger partial charge on any atom is 0.0788 e. The van der Waals surface area contributed by atoms with Gasteiger partial charge in [0, 0.05) is 13.1 Å². The zero-order chi connectivity index (χ0) is 7.98. The third kappa shape index (κ3) is 4.73. The molecule has 3 heteroatoms. The molecule has 10 heavy (non-hydrogen) atoms. The Morgan fingerprint density at radius 2 is 2.20 bits per heavy atom. The van der Waals surface area contributed by atoms with Crippen molar-refractivity contribution >= 4 is 0 Å². The predicted octanol–water partition coefficient (Wildman–Crippen LogP) is -0.352. The zero-order valence-corrected chi connectivity index (χ0v) is 6.88. The Bertz CT molecular complexity index is 78.0. The number of hydrogen-bond donors (Lipinski definition) is 2. The van der Waals surface area contributed by atoms with E-state index in [-0.39, 0.29) is 6.10 Å². The summed E-state index contributed by atoms with van der Waals surface area (Å²) in [5.74, 6) is 0. The van der Waals surface area contributed by atoms with Gasteiger partial charge in [-0.3, -0.25) is 0 Å². The topological polar surface area (TPSA) is 49.5 Å². The first-order chi connectivity index (χ1) is 4.70. The van der Waals surface area contributed by atoms with Gasteiger partial charge in [-0.1, -0.05) is 6.92 Å². The van der Waals surface area contributed by atoms with Crippen molar-refractivity contribution in [3.63, 3.8) is 0 Å². The first-order valence-corrected chi connectivity index (χ1v) is 3.77. The van der Waals surface area contributed by atoms with Crippen LogP contribution in [0.5, 0.6) is 0 Å². The summed E-state index contributed by atoms with van der Waals surface area (Å²) in [5, 5.41) is 9.09. The van der Waals surface area contributed by atoms with E-state index in [9.17, 15) is 0 Å². The van der Waals surface area contributed by atoms with Crippen molar-refractivity contribution in [2.45, 2.75) is 19.4 Å². The third-order valence-electron chi connectivity index (χ3n) is 1.40. The molecule has 1 atom stereocenters. The molecule has 0 spiro atoms. The maximum absolute atomic E-state index is 9.09. The lowest BCUT2D eigenvalue weighted by Gasteiger charge is -2.18. The molecule has 0 saturated carbocycles. The minimum absolute atomic E-state index is 0.355. The number of likely N-dealkylation sites (N-methyl/N-ethyl adjacent to an activating group) is 1. The van der Waals surface area contributed by atoms with Gasteiger partial charge in [0.15, 0.2) is 0 Å². The summed E-state index contributed by atoms with van der Waals surface area (Å²) >= 11 is 0. The van der Waals surface area contributed by atoms with Crippen LogP contribution < -0.4 is 5.73 Å². The monoisotopic (exact) mass is 146 g/mol. The highest BCUT2D eigenvalue weighted by Crippen LogP contribution is 1.88. The molecular formula is C7H18N2O. The van der Waals surface area contributed by atoms with Gasteiger partial charge in [-0.15, -0.1) is 0 Å². The fourth-order valence-corrected chi connectivity index (χ4v) is 0.907. The summed E-state index contributed by atoms with van der Waals surface area (Å²) in [6.07, 6.45) is 0.755. The Morgan fingerprint density at radius 3 is 2.60 bits per heavy atom. The minimum Gasteiger partial charge on any atom is -0.390 e. The first kappa shape index (κ1) is 9.88. The minimum atomic E-state index is -0.364. The van der Waals surface area contributed by atoms with Crippen molar-refractivity contribution in [3.8, 4) is 0 Å². The van der Waals surface area contributed by atoms with Gasteiger partial charge in [-0.25, -0.2) is 0 Å². The van der Waals surface area contributed by atoms with Crippen LogP contribution in [-0.4, -0.2) is 42.8 Å². The van der Waals surface area contributed by atoms with E-state index in [1.54, 1.807) is 0 Å². The molecule has 0 saturated heterocycles. The number of aliphatic hydroxyl groups excluding tert-OH is 1. The van der Waals surface area contributed by atoms with Crippen molar-refractivity contribution in [2.75, 3.05) is 26.7 Å². The number of aliphatic hydroxyl groups is 1. The van der Waals surface area contributed by atoms with Crippen molar-refractivity contribution in [3.05, 3.63) is 0 Å². The van der Waals surface area contributed by atoms with E-state index in [0.717, 1.165) is 13.0 Å². The van der Waals surface area contributed by atoms with Crippen LogP contribution in [0.2, 0.25) is 0 Å². The summed E-state index contributed by atoms with van der Waals surface area (Å²) in [6.45, 7) is 4.18. The molecule has 0 aliphatic carbocycles. The Balaban J connectivity index is 3.27. The molecule has 3 nitrogen and oxygen atoms in total. The average Bonchev–Trinajstić information content (AvgIpc) is 1.88. The normalized spacial score (nSPS) is 14.1. The molecule has 0 bridgehead atoms. The molecule has 3 N–H and O–H groups in total. The Labute approximate surface area is 62.8 Å². The molecule has 0 aromatic heterocycles. The fourth-order valence-electron chi connectivity index (χ4n) is 0.907. The quantitative estimate of drug-likeness (QED) is 0.557. The predicted molar refractivity (Wildman–Crippen MR) is 42.8 cm³/mol. The largest absolute Gasteiger partial charge is 0.390 e. The molecule has 1 unspecified atom stereocenters. The van der Waals surface area contributed by atoms with Gasteiger partial charge in [0.2, 0.25) is 0 Å². The molecule has 0 fully saturated rings. The summed E-state index contributed by atoms with van der Waals surface area (Å²) < 4.78 is 0. The van der Waals surface area contributed by atoms with E-state index in [4.69, 9.17) is 10.8 Å². The van der Waals surface area contributed by atoms with Gasteiger partial charge < -0.3 is 15.7 Å². The van der Waals surface area contributed by atoms with E-state index in [1.165, 1.54) is 0 Å². The first-order valence-electron chi connectivity index (χ1n) is 3.77. The molecule has 0 aliphatic heterocycles. The van der Waals surface area contributed by atoms with E-state index in [0.29, 0.717) is 13.1 Å². The lowest BCUT2D eigenvalue weighted by Crippen LogP contribution is -2.34. The summed E-state index contributed by atoms with van der Waals surface area (Å²) in [7, 11) is 1.99. The highest BCUT2D eigenvalue weighted by Gasteiger charge is 2.03. The van der Waals surface area contributed by atoms with Gasteiger partial charge in [0.25, 0.3) is 0 Å². The third-order valence-corrected chi connectivity index (χ3v) is 1.40. The van der Waals surface area contributed by atoms with Crippen LogP contribution in [0, 0.1) is 0 Å². The highest BCUT2D eigenvalue weighted by atomic mass is 16.3. The van der Waals surface area contributed by atoms with Crippen LogP contribution in [0.3, 0.4) is 0 Å². The SMILES string of the molecule is CCCN(C)CC(O)CN. The number of rotatable bonds is 5. The smallest absolute Gasteiger partial charge is 0.0788 e. The number of nitrogens with two attached hydrogens (primary N) is 1. The molecular weight excluding hydrogens is 128 g/mol. The van der Waals surface area contributed by atoms with Crippen LogP contribution in [0.1, 0.15) is 13.3 Å². The second-order valence-electron chi connectivity index (χ2n) is 2.65. The summed E-state index contributed by atoms with van der Waals surface area (Å²) in [6, 6.07) is 0. The van der Waals surface area contributed by atoms with Gasteiger partial charge in [0.05, 0.1) is 6.10 Å². The van der Waals surface area contributed by atoms with E-state index in [2.05, 4.69) is 11.8 Å². The van der Waals surface area contributed by atoms with Crippen LogP contribution in [-0.2, 0) is 0 Å². The average molecular weight is 146 g/mol. The standard InChI is InChI=1S/C7H18N2O/c1-3-4-9(2)6-7(10)5-8/h7,10H,3-6,8H2,1-2H3. The highest BCUT2D eigenvalue weighted by molar-refractivity contribution is 4.60. The van der Waals surface area contributed by atoms with Crippen LogP contribution in [0.25, 0.3) is 0 Å².